The monoisotopic (exact) mass is 220 g/mol. The first-order chi connectivity index (χ1) is 7.81. The zero-order valence-corrected chi connectivity index (χ0v) is 10.1. The van der Waals surface area contributed by atoms with Crippen LogP contribution in [-0.4, -0.2) is 22.0 Å². The van der Waals surface area contributed by atoms with Crippen molar-refractivity contribution in [3.8, 4) is 0 Å². The van der Waals surface area contributed by atoms with Crippen molar-refractivity contribution in [3.05, 3.63) is 11.4 Å². The summed E-state index contributed by atoms with van der Waals surface area (Å²) in [5, 5.41) is 11.9. The first kappa shape index (κ1) is 10.3. The van der Waals surface area contributed by atoms with E-state index in [4.69, 9.17) is 0 Å². The van der Waals surface area contributed by atoms with Gasteiger partial charge in [-0.2, -0.15) is 0 Å². The third kappa shape index (κ3) is 1.56. The molecule has 2 fully saturated rings. The van der Waals surface area contributed by atoms with Gasteiger partial charge in [0, 0.05) is 12.5 Å². The average molecular weight is 220 g/mol. The summed E-state index contributed by atoms with van der Waals surface area (Å²) in [7, 11) is 1.98. The molecule has 2 atom stereocenters. The van der Waals surface area contributed by atoms with Gasteiger partial charge in [-0.15, -0.1) is 5.10 Å². The summed E-state index contributed by atoms with van der Waals surface area (Å²) >= 11 is 0. The quantitative estimate of drug-likeness (QED) is 0.842. The zero-order valence-electron chi connectivity index (χ0n) is 10.1. The first-order valence-electron chi connectivity index (χ1n) is 6.39. The molecule has 0 bridgehead atoms. The number of nitrogens with one attached hydrogen (secondary N) is 1. The lowest BCUT2D eigenvalue weighted by atomic mass is 9.82. The molecule has 0 saturated heterocycles. The van der Waals surface area contributed by atoms with Crippen molar-refractivity contribution in [2.45, 2.75) is 51.1 Å². The van der Waals surface area contributed by atoms with Crippen LogP contribution in [0.25, 0.3) is 0 Å². The molecular formula is C12H20N4. The maximum Gasteiger partial charge on any atom is 0.0999 e. The summed E-state index contributed by atoms with van der Waals surface area (Å²) in [4.78, 5) is 0. The lowest BCUT2D eigenvalue weighted by Crippen LogP contribution is -2.18. The number of hydrogen-bond donors (Lipinski definition) is 1. The zero-order chi connectivity index (χ0) is 11.1. The Labute approximate surface area is 96.4 Å². The van der Waals surface area contributed by atoms with Gasteiger partial charge in [-0.05, 0) is 32.2 Å². The van der Waals surface area contributed by atoms with E-state index in [1.807, 2.05) is 7.05 Å². The predicted molar refractivity (Wildman–Crippen MR) is 62.2 cm³/mol. The van der Waals surface area contributed by atoms with Gasteiger partial charge in [0.2, 0.25) is 0 Å². The third-order valence-corrected chi connectivity index (χ3v) is 4.02. The Morgan fingerprint density at radius 2 is 2.19 bits per heavy atom. The van der Waals surface area contributed by atoms with Gasteiger partial charge < -0.3 is 5.32 Å². The molecule has 4 nitrogen and oxygen atoms in total. The summed E-state index contributed by atoms with van der Waals surface area (Å²) < 4.78 is 2.22. The van der Waals surface area contributed by atoms with Crippen molar-refractivity contribution < 1.29 is 0 Å². The molecule has 2 aliphatic rings. The summed E-state index contributed by atoms with van der Waals surface area (Å²) in [6.45, 7) is 3.15. The maximum absolute atomic E-state index is 4.38. The Bertz CT molecular complexity index is 380. The summed E-state index contributed by atoms with van der Waals surface area (Å²) in [6.07, 6.45) is 5.30. The summed E-state index contributed by atoms with van der Waals surface area (Å²) in [6, 6.07) is 0.633. The van der Waals surface area contributed by atoms with E-state index in [0.717, 1.165) is 18.4 Å². The van der Waals surface area contributed by atoms with E-state index in [2.05, 4.69) is 27.2 Å². The standard InChI is InChI=1S/C12H20N4/c1-8-6-11(8)16-12(9-4-3-5-9)10(7-13-2)14-15-16/h8-9,11,13H,3-7H2,1-2H3. The van der Waals surface area contributed by atoms with Crippen molar-refractivity contribution in [2.24, 2.45) is 5.92 Å². The Balaban J connectivity index is 1.91. The Hall–Kier alpha value is -0.900. The lowest BCUT2D eigenvalue weighted by Gasteiger charge is -2.26. The fraction of sp³-hybridized carbons (Fsp3) is 0.833. The summed E-state index contributed by atoms with van der Waals surface area (Å²) in [5.41, 5.74) is 2.60. The van der Waals surface area contributed by atoms with Gasteiger partial charge in [0.25, 0.3) is 0 Å². The van der Waals surface area contributed by atoms with Crippen LogP contribution in [0, 0.1) is 5.92 Å². The predicted octanol–water partition coefficient (Wildman–Crippen LogP) is 1.85. The Kier molecular flexibility index (Phi) is 2.46. The minimum Gasteiger partial charge on any atom is -0.314 e. The van der Waals surface area contributed by atoms with Crippen molar-refractivity contribution in [3.63, 3.8) is 0 Å². The van der Waals surface area contributed by atoms with Crippen LogP contribution >= 0.6 is 0 Å². The van der Waals surface area contributed by atoms with Gasteiger partial charge in [-0.1, -0.05) is 18.6 Å². The van der Waals surface area contributed by atoms with Crippen LogP contribution in [0.15, 0.2) is 0 Å². The van der Waals surface area contributed by atoms with E-state index in [-0.39, 0.29) is 0 Å². The molecule has 2 saturated carbocycles. The van der Waals surface area contributed by atoms with Crippen LogP contribution < -0.4 is 5.32 Å². The highest BCUT2D eigenvalue weighted by atomic mass is 15.5. The highest BCUT2D eigenvalue weighted by Crippen LogP contribution is 2.46. The van der Waals surface area contributed by atoms with Gasteiger partial charge in [-0.25, -0.2) is 4.68 Å². The largest absolute Gasteiger partial charge is 0.314 e. The molecule has 1 aromatic rings. The van der Waals surface area contributed by atoms with Crippen LogP contribution in [0.1, 0.15) is 56.0 Å². The normalized spacial score (nSPS) is 29.1. The molecule has 0 radical (unpaired) electrons. The highest BCUT2D eigenvalue weighted by molar-refractivity contribution is 5.20. The van der Waals surface area contributed by atoms with Gasteiger partial charge in [0.15, 0.2) is 0 Å². The molecule has 4 heteroatoms. The number of rotatable bonds is 4. The van der Waals surface area contributed by atoms with Crippen molar-refractivity contribution in [1.29, 1.82) is 0 Å². The molecule has 0 aliphatic heterocycles. The van der Waals surface area contributed by atoms with Crippen molar-refractivity contribution in [1.82, 2.24) is 20.3 Å². The molecule has 1 aromatic heterocycles. The fourth-order valence-corrected chi connectivity index (χ4v) is 2.62. The summed E-state index contributed by atoms with van der Waals surface area (Å²) in [5.74, 6) is 1.52. The minimum absolute atomic E-state index is 0.633. The van der Waals surface area contributed by atoms with Gasteiger partial charge in [-0.3, -0.25) is 0 Å². The van der Waals surface area contributed by atoms with Crippen LogP contribution in [-0.2, 0) is 6.54 Å². The van der Waals surface area contributed by atoms with E-state index < -0.39 is 0 Å². The van der Waals surface area contributed by atoms with Crippen LogP contribution in [0.4, 0.5) is 0 Å². The van der Waals surface area contributed by atoms with E-state index in [1.54, 1.807) is 0 Å². The molecular weight excluding hydrogens is 200 g/mol. The topological polar surface area (TPSA) is 42.7 Å². The maximum atomic E-state index is 4.38. The molecule has 0 spiro atoms. The molecule has 1 heterocycles. The number of hydrogen-bond acceptors (Lipinski definition) is 3. The number of nitrogens with zero attached hydrogens (tertiary/aromatic N) is 3. The highest BCUT2D eigenvalue weighted by Gasteiger charge is 2.39. The second-order valence-electron chi connectivity index (χ2n) is 5.30. The average Bonchev–Trinajstić information content (AvgIpc) is 2.77. The lowest BCUT2D eigenvalue weighted by molar-refractivity contribution is 0.382. The Morgan fingerprint density at radius 1 is 1.44 bits per heavy atom. The molecule has 88 valence electrons. The first-order valence-corrected chi connectivity index (χ1v) is 6.39. The van der Waals surface area contributed by atoms with E-state index in [0.29, 0.717) is 6.04 Å². The van der Waals surface area contributed by atoms with Gasteiger partial charge in [0.05, 0.1) is 17.4 Å². The van der Waals surface area contributed by atoms with Crippen LogP contribution in [0.3, 0.4) is 0 Å². The van der Waals surface area contributed by atoms with Gasteiger partial charge >= 0.3 is 0 Å². The minimum atomic E-state index is 0.633. The molecule has 2 unspecified atom stereocenters. The van der Waals surface area contributed by atoms with Gasteiger partial charge in [0.1, 0.15) is 0 Å². The van der Waals surface area contributed by atoms with Crippen molar-refractivity contribution in [2.75, 3.05) is 7.05 Å². The third-order valence-electron chi connectivity index (χ3n) is 4.02. The van der Waals surface area contributed by atoms with E-state index in [1.165, 1.54) is 37.1 Å². The molecule has 2 aliphatic carbocycles. The Morgan fingerprint density at radius 3 is 2.69 bits per heavy atom. The smallest absolute Gasteiger partial charge is 0.0999 e. The second-order valence-corrected chi connectivity index (χ2v) is 5.30. The molecule has 0 amide bonds. The molecule has 16 heavy (non-hydrogen) atoms. The SMILES string of the molecule is CNCc1nnn(C2CC2C)c1C1CCC1. The van der Waals surface area contributed by atoms with Crippen LogP contribution in [0.5, 0.6) is 0 Å². The van der Waals surface area contributed by atoms with Crippen LogP contribution in [0.2, 0.25) is 0 Å². The second kappa shape index (κ2) is 3.84. The molecule has 1 N–H and O–H groups in total. The van der Waals surface area contributed by atoms with Crippen molar-refractivity contribution >= 4 is 0 Å². The number of aromatic nitrogens is 3. The molecule has 3 rings (SSSR count). The molecule has 0 aromatic carbocycles. The van der Waals surface area contributed by atoms with E-state index in [9.17, 15) is 0 Å². The van der Waals surface area contributed by atoms with E-state index >= 15 is 0 Å². The fourth-order valence-electron chi connectivity index (χ4n) is 2.62.